The van der Waals surface area contributed by atoms with Crippen LogP contribution in [-0.2, 0) is 16.4 Å². The highest BCUT2D eigenvalue weighted by atomic mass is 32.2. The molecule has 1 heterocycles. The molecule has 0 aromatic heterocycles. The van der Waals surface area contributed by atoms with Gasteiger partial charge in [-0.1, -0.05) is 13.0 Å². The van der Waals surface area contributed by atoms with Crippen molar-refractivity contribution in [2.45, 2.75) is 37.6 Å². The number of nitrogens with zero attached hydrogens (tertiary/aromatic N) is 1. The van der Waals surface area contributed by atoms with Crippen molar-refractivity contribution in [1.29, 1.82) is 0 Å². The number of carbonyl (C=O) groups is 1. The Balaban J connectivity index is 1.96. The fourth-order valence-electron chi connectivity index (χ4n) is 2.93. The van der Waals surface area contributed by atoms with Gasteiger partial charge in [-0.15, -0.1) is 0 Å². The molecule has 0 spiro atoms. The molecule has 0 bridgehead atoms. The van der Waals surface area contributed by atoms with Gasteiger partial charge < -0.3 is 4.90 Å². The number of hydrogen-bond acceptors (Lipinski definition) is 3. The average molecular weight is 394 g/mol. The first-order chi connectivity index (χ1) is 12.7. The Hall–Kier alpha value is -2.32. The SMILES string of the molecule is CCC(C)NS(=O)(=O)c1ccc2c(c1)C(=O)N(c1ccc(F)c(F)c1)CC2. The second-order valence-electron chi connectivity index (χ2n) is 6.55. The Morgan fingerprint density at radius 3 is 2.56 bits per heavy atom. The Bertz CT molecular complexity index is 992. The zero-order valence-electron chi connectivity index (χ0n) is 15.0. The van der Waals surface area contributed by atoms with E-state index in [0.717, 1.165) is 17.7 Å². The maximum Gasteiger partial charge on any atom is 0.258 e. The first kappa shape index (κ1) is 19.4. The molecular formula is C19H20F2N2O3S. The minimum absolute atomic E-state index is 0.00189. The number of fused-ring (bicyclic) bond motifs is 1. The molecule has 0 radical (unpaired) electrons. The molecular weight excluding hydrogens is 374 g/mol. The van der Waals surface area contributed by atoms with Crippen LogP contribution in [0.5, 0.6) is 0 Å². The molecule has 1 atom stereocenters. The highest BCUT2D eigenvalue weighted by Crippen LogP contribution is 2.27. The fourth-order valence-corrected chi connectivity index (χ4v) is 4.29. The molecule has 1 amide bonds. The third-order valence-corrected chi connectivity index (χ3v) is 6.24. The molecule has 0 fully saturated rings. The number of anilines is 1. The van der Waals surface area contributed by atoms with Gasteiger partial charge in [-0.25, -0.2) is 21.9 Å². The largest absolute Gasteiger partial charge is 0.308 e. The van der Waals surface area contributed by atoms with Crippen molar-refractivity contribution < 1.29 is 22.0 Å². The van der Waals surface area contributed by atoms with Crippen molar-refractivity contribution in [3.63, 3.8) is 0 Å². The number of rotatable bonds is 5. The maximum absolute atomic E-state index is 13.5. The van der Waals surface area contributed by atoms with Crippen LogP contribution in [0.3, 0.4) is 0 Å². The van der Waals surface area contributed by atoms with Gasteiger partial charge in [0.05, 0.1) is 4.90 Å². The van der Waals surface area contributed by atoms with E-state index in [1.54, 1.807) is 13.0 Å². The van der Waals surface area contributed by atoms with Crippen molar-refractivity contribution >= 4 is 21.6 Å². The van der Waals surface area contributed by atoms with E-state index in [1.807, 2.05) is 6.92 Å². The summed E-state index contributed by atoms with van der Waals surface area (Å²) < 4.78 is 54.3. The van der Waals surface area contributed by atoms with E-state index in [4.69, 9.17) is 0 Å². The molecule has 27 heavy (non-hydrogen) atoms. The Morgan fingerprint density at radius 1 is 1.15 bits per heavy atom. The van der Waals surface area contributed by atoms with E-state index in [2.05, 4.69) is 4.72 Å². The summed E-state index contributed by atoms with van der Waals surface area (Å²) in [6.07, 6.45) is 1.12. The predicted octanol–water partition coefficient (Wildman–Crippen LogP) is 3.24. The van der Waals surface area contributed by atoms with Crippen LogP contribution in [0.25, 0.3) is 0 Å². The fraction of sp³-hybridized carbons (Fsp3) is 0.316. The van der Waals surface area contributed by atoms with Gasteiger partial charge in [0.2, 0.25) is 10.0 Å². The second kappa shape index (κ2) is 7.36. The highest BCUT2D eigenvalue weighted by Gasteiger charge is 2.28. The molecule has 1 aliphatic heterocycles. The summed E-state index contributed by atoms with van der Waals surface area (Å²) in [6, 6.07) is 7.46. The number of benzene rings is 2. The summed E-state index contributed by atoms with van der Waals surface area (Å²) in [5.74, 6) is -2.48. The van der Waals surface area contributed by atoms with Gasteiger partial charge in [0, 0.05) is 29.9 Å². The second-order valence-corrected chi connectivity index (χ2v) is 8.27. The van der Waals surface area contributed by atoms with Gasteiger partial charge in [-0.2, -0.15) is 0 Å². The number of hydrogen-bond donors (Lipinski definition) is 1. The van der Waals surface area contributed by atoms with Crippen molar-refractivity contribution in [3.05, 3.63) is 59.2 Å². The summed E-state index contributed by atoms with van der Waals surface area (Å²) >= 11 is 0. The van der Waals surface area contributed by atoms with Crippen LogP contribution in [0, 0.1) is 11.6 Å². The van der Waals surface area contributed by atoms with E-state index in [-0.39, 0.29) is 22.2 Å². The molecule has 5 nitrogen and oxygen atoms in total. The van der Waals surface area contributed by atoms with E-state index in [0.29, 0.717) is 19.4 Å². The number of nitrogens with one attached hydrogen (secondary N) is 1. The van der Waals surface area contributed by atoms with E-state index >= 15 is 0 Å². The van der Waals surface area contributed by atoms with E-state index in [1.165, 1.54) is 23.1 Å². The van der Waals surface area contributed by atoms with E-state index in [9.17, 15) is 22.0 Å². The predicted molar refractivity (Wildman–Crippen MR) is 98.3 cm³/mol. The third-order valence-electron chi connectivity index (χ3n) is 4.66. The number of amides is 1. The summed E-state index contributed by atoms with van der Waals surface area (Å²) in [5.41, 5.74) is 1.20. The van der Waals surface area contributed by atoms with Crippen molar-refractivity contribution in [1.82, 2.24) is 4.72 Å². The van der Waals surface area contributed by atoms with Gasteiger partial charge in [-0.05, 0) is 49.6 Å². The zero-order valence-corrected chi connectivity index (χ0v) is 15.8. The van der Waals surface area contributed by atoms with Crippen molar-refractivity contribution in [2.75, 3.05) is 11.4 Å². The van der Waals surface area contributed by atoms with Crippen LogP contribution < -0.4 is 9.62 Å². The molecule has 8 heteroatoms. The topological polar surface area (TPSA) is 66.5 Å². The number of halogens is 2. The van der Waals surface area contributed by atoms with Crippen molar-refractivity contribution in [3.8, 4) is 0 Å². The molecule has 1 N–H and O–H groups in total. The standard InChI is InChI=1S/C19H20F2N2O3S/c1-3-12(2)22-27(25,26)15-6-4-13-8-9-23(19(24)16(13)11-15)14-5-7-17(20)18(21)10-14/h4-7,10-12,22H,3,8-9H2,1-2H3. The number of sulfonamides is 1. The Morgan fingerprint density at radius 2 is 1.89 bits per heavy atom. The van der Waals surface area contributed by atoms with Crippen LogP contribution in [-0.4, -0.2) is 26.9 Å². The zero-order chi connectivity index (χ0) is 19.8. The van der Waals surface area contributed by atoms with Gasteiger partial charge in [-0.3, -0.25) is 4.79 Å². The molecule has 0 saturated heterocycles. The van der Waals surface area contributed by atoms with Crippen LogP contribution >= 0.6 is 0 Å². The van der Waals surface area contributed by atoms with Gasteiger partial charge in [0.1, 0.15) is 0 Å². The third kappa shape index (κ3) is 3.86. The maximum atomic E-state index is 13.5. The molecule has 0 aliphatic carbocycles. The molecule has 144 valence electrons. The molecule has 1 unspecified atom stereocenters. The lowest BCUT2D eigenvalue weighted by Gasteiger charge is -2.29. The highest BCUT2D eigenvalue weighted by molar-refractivity contribution is 7.89. The van der Waals surface area contributed by atoms with Gasteiger partial charge >= 0.3 is 0 Å². The minimum Gasteiger partial charge on any atom is -0.308 e. The Labute approximate surface area is 157 Å². The molecule has 0 saturated carbocycles. The summed E-state index contributed by atoms with van der Waals surface area (Å²) in [5, 5.41) is 0. The molecule has 2 aromatic carbocycles. The molecule has 2 aromatic rings. The lowest BCUT2D eigenvalue weighted by molar-refractivity contribution is 0.0980. The van der Waals surface area contributed by atoms with Crippen LogP contribution in [0.2, 0.25) is 0 Å². The van der Waals surface area contributed by atoms with Gasteiger partial charge in [0.25, 0.3) is 5.91 Å². The summed E-state index contributed by atoms with van der Waals surface area (Å²) in [4.78, 5) is 14.2. The first-order valence-electron chi connectivity index (χ1n) is 8.65. The van der Waals surface area contributed by atoms with Crippen molar-refractivity contribution in [2.24, 2.45) is 0 Å². The van der Waals surface area contributed by atoms with Gasteiger partial charge in [0.15, 0.2) is 11.6 Å². The summed E-state index contributed by atoms with van der Waals surface area (Å²) in [7, 11) is -3.75. The lowest BCUT2D eigenvalue weighted by Crippen LogP contribution is -2.38. The van der Waals surface area contributed by atoms with E-state index < -0.39 is 27.6 Å². The lowest BCUT2D eigenvalue weighted by atomic mass is 9.98. The van der Waals surface area contributed by atoms with Crippen LogP contribution in [0.4, 0.5) is 14.5 Å². The van der Waals surface area contributed by atoms with Crippen LogP contribution in [0.15, 0.2) is 41.3 Å². The van der Waals surface area contributed by atoms with Crippen LogP contribution in [0.1, 0.15) is 36.2 Å². The smallest absolute Gasteiger partial charge is 0.258 e. The summed E-state index contributed by atoms with van der Waals surface area (Å²) in [6.45, 7) is 3.92. The quantitative estimate of drug-likeness (QED) is 0.847. The first-order valence-corrected chi connectivity index (χ1v) is 10.1. The monoisotopic (exact) mass is 394 g/mol. The Kier molecular flexibility index (Phi) is 5.30. The minimum atomic E-state index is -3.75. The molecule has 1 aliphatic rings. The number of carbonyl (C=O) groups excluding carboxylic acids is 1. The average Bonchev–Trinajstić information content (AvgIpc) is 2.64. The normalized spacial score (nSPS) is 15.6. The molecule has 3 rings (SSSR count).